The zero-order valence-corrected chi connectivity index (χ0v) is 22.0. The Morgan fingerprint density at radius 1 is 0.675 bits per heavy atom. The molecule has 0 aliphatic carbocycles. The zero-order valence-electron chi connectivity index (χ0n) is 22.0. The van der Waals surface area contributed by atoms with Gasteiger partial charge in [-0.3, -0.25) is 9.59 Å². The van der Waals surface area contributed by atoms with E-state index in [1.54, 1.807) is 36.5 Å². The quantitative estimate of drug-likeness (QED) is 0.210. The highest BCUT2D eigenvalue weighted by molar-refractivity contribution is 6.41. The van der Waals surface area contributed by atoms with Crippen molar-refractivity contribution in [1.29, 1.82) is 0 Å². The molecule has 0 saturated carbocycles. The summed E-state index contributed by atoms with van der Waals surface area (Å²) in [4.78, 5) is 33.3. The molecule has 0 radical (unpaired) electrons. The first kappa shape index (κ1) is 24.9. The first-order chi connectivity index (χ1) is 19.5. The number of benzene rings is 4. The predicted molar refractivity (Wildman–Crippen MR) is 156 cm³/mol. The maximum atomic E-state index is 13.8. The van der Waals surface area contributed by atoms with Crippen LogP contribution in [0.2, 0.25) is 0 Å². The molecule has 0 bridgehead atoms. The number of rotatable bonds is 5. The standard InChI is InChI=1S/C33H25N5O2/c1-21-17-18-28(22(2)19-21)38-31(39)26-16-10-9-15-25(26)27(32(38)40)20-34-33-35-29(23-11-5-3-6-12-23)30(36-37-33)24-13-7-4-8-14-24/h3-20H,1-2H3,(H,34,35,37)/b27-20-. The monoisotopic (exact) mass is 523 g/mol. The largest absolute Gasteiger partial charge is 0.329 e. The van der Waals surface area contributed by atoms with Crippen LogP contribution in [0.25, 0.3) is 28.1 Å². The lowest BCUT2D eigenvalue weighted by Gasteiger charge is -2.29. The summed E-state index contributed by atoms with van der Waals surface area (Å²) in [7, 11) is 0. The molecule has 0 atom stereocenters. The predicted octanol–water partition coefficient (Wildman–Crippen LogP) is 6.46. The Kier molecular flexibility index (Phi) is 6.46. The summed E-state index contributed by atoms with van der Waals surface area (Å²) in [6.07, 6.45) is 1.55. The van der Waals surface area contributed by atoms with Crippen molar-refractivity contribution in [2.75, 3.05) is 10.2 Å². The number of fused-ring (bicyclic) bond motifs is 1. The Labute approximate surface area is 231 Å². The third-order valence-electron chi connectivity index (χ3n) is 6.80. The number of amides is 2. The maximum absolute atomic E-state index is 13.8. The minimum atomic E-state index is -0.430. The fourth-order valence-electron chi connectivity index (χ4n) is 4.88. The minimum Gasteiger partial charge on any atom is -0.329 e. The molecule has 1 aliphatic heterocycles. The molecule has 1 aromatic heterocycles. The summed E-state index contributed by atoms with van der Waals surface area (Å²) in [6, 6.07) is 32.3. The molecule has 0 fully saturated rings. The number of carbonyl (C=O) groups excluding carboxylic acids is 2. The molecule has 7 heteroatoms. The van der Waals surface area contributed by atoms with Gasteiger partial charge in [-0.15, -0.1) is 10.2 Å². The van der Waals surface area contributed by atoms with Crippen LogP contribution in [0.15, 0.2) is 109 Å². The second-order valence-corrected chi connectivity index (χ2v) is 9.55. The van der Waals surface area contributed by atoms with Crippen molar-refractivity contribution in [2.45, 2.75) is 13.8 Å². The molecule has 6 rings (SSSR count). The lowest BCUT2D eigenvalue weighted by molar-refractivity contribution is -0.112. The van der Waals surface area contributed by atoms with E-state index in [-0.39, 0.29) is 11.9 Å². The SMILES string of the molecule is Cc1ccc(N2C(=O)/C(=C\Nc3nnc(-c4ccccc4)c(-c4ccccc4)n3)c3ccccc3C2=O)c(C)c1. The van der Waals surface area contributed by atoms with Gasteiger partial charge >= 0.3 is 0 Å². The van der Waals surface area contributed by atoms with Gasteiger partial charge < -0.3 is 5.32 Å². The van der Waals surface area contributed by atoms with Crippen LogP contribution in [0.5, 0.6) is 0 Å². The first-order valence-corrected chi connectivity index (χ1v) is 12.9. The minimum absolute atomic E-state index is 0.228. The molecular weight excluding hydrogens is 498 g/mol. The van der Waals surface area contributed by atoms with Crippen molar-refractivity contribution in [3.8, 4) is 22.5 Å². The number of hydrogen-bond acceptors (Lipinski definition) is 6. The van der Waals surface area contributed by atoms with Gasteiger partial charge in [-0.25, -0.2) is 9.88 Å². The van der Waals surface area contributed by atoms with Gasteiger partial charge in [-0.05, 0) is 31.5 Å². The molecule has 0 spiro atoms. The molecule has 1 N–H and O–H groups in total. The maximum Gasteiger partial charge on any atom is 0.267 e. The third kappa shape index (κ3) is 4.54. The highest BCUT2D eigenvalue weighted by Crippen LogP contribution is 2.34. The Balaban J connectivity index is 1.42. The smallest absolute Gasteiger partial charge is 0.267 e. The van der Waals surface area contributed by atoms with Crippen molar-refractivity contribution >= 4 is 29.0 Å². The Bertz CT molecular complexity index is 1780. The van der Waals surface area contributed by atoms with E-state index in [4.69, 9.17) is 4.98 Å². The molecule has 40 heavy (non-hydrogen) atoms. The fraction of sp³-hybridized carbons (Fsp3) is 0.0606. The summed E-state index contributed by atoms with van der Waals surface area (Å²) in [5.74, 6) is -0.562. The number of carbonyl (C=O) groups is 2. The lowest BCUT2D eigenvalue weighted by Crippen LogP contribution is -2.42. The third-order valence-corrected chi connectivity index (χ3v) is 6.80. The Morgan fingerprint density at radius 3 is 1.98 bits per heavy atom. The van der Waals surface area contributed by atoms with Gasteiger partial charge in [0.2, 0.25) is 5.95 Å². The highest BCUT2D eigenvalue weighted by atomic mass is 16.2. The zero-order chi connectivity index (χ0) is 27.6. The number of nitrogens with one attached hydrogen (secondary N) is 1. The summed E-state index contributed by atoms with van der Waals surface area (Å²) in [5.41, 5.74) is 6.84. The number of hydrogen-bond donors (Lipinski definition) is 1. The molecule has 0 unspecified atom stereocenters. The lowest BCUT2D eigenvalue weighted by atomic mass is 9.93. The fourth-order valence-corrected chi connectivity index (χ4v) is 4.88. The van der Waals surface area contributed by atoms with Crippen molar-refractivity contribution in [2.24, 2.45) is 0 Å². The Hall–Kier alpha value is -5.43. The highest BCUT2D eigenvalue weighted by Gasteiger charge is 2.36. The molecule has 4 aromatic carbocycles. The second-order valence-electron chi connectivity index (χ2n) is 9.55. The number of aryl methyl sites for hydroxylation is 2. The number of aromatic nitrogens is 3. The van der Waals surface area contributed by atoms with Crippen LogP contribution in [0.4, 0.5) is 11.6 Å². The van der Waals surface area contributed by atoms with Crippen molar-refractivity contribution in [1.82, 2.24) is 15.2 Å². The topological polar surface area (TPSA) is 88.1 Å². The molecule has 0 saturated heterocycles. The number of nitrogens with zero attached hydrogens (tertiary/aromatic N) is 4. The van der Waals surface area contributed by atoms with Gasteiger partial charge in [-0.2, -0.15) is 0 Å². The molecular formula is C33H25N5O2. The van der Waals surface area contributed by atoms with Crippen molar-refractivity contribution in [3.63, 3.8) is 0 Å². The van der Waals surface area contributed by atoms with E-state index in [1.807, 2.05) is 86.6 Å². The van der Waals surface area contributed by atoms with E-state index in [0.29, 0.717) is 33.8 Å². The summed E-state index contributed by atoms with van der Waals surface area (Å²) >= 11 is 0. The Morgan fingerprint density at radius 2 is 1.30 bits per heavy atom. The van der Waals surface area contributed by atoms with Gasteiger partial charge in [0.1, 0.15) is 11.4 Å². The molecule has 1 aliphatic rings. The van der Waals surface area contributed by atoms with E-state index >= 15 is 0 Å². The normalized spacial score (nSPS) is 13.8. The molecule has 5 aromatic rings. The molecule has 194 valence electrons. The molecule has 2 amide bonds. The average Bonchev–Trinajstić information content (AvgIpc) is 2.99. The van der Waals surface area contributed by atoms with E-state index in [9.17, 15) is 9.59 Å². The second kappa shape index (κ2) is 10.4. The van der Waals surface area contributed by atoms with Gasteiger partial charge in [0.15, 0.2) is 0 Å². The van der Waals surface area contributed by atoms with E-state index in [1.165, 1.54) is 4.90 Å². The van der Waals surface area contributed by atoms with Gasteiger partial charge in [0, 0.05) is 28.5 Å². The van der Waals surface area contributed by atoms with E-state index in [2.05, 4.69) is 15.5 Å². The summed E-state index contributed by atoms with van der Waals surface area (Å²) in [5, 5.41) is 11.9. The van der Waals surface area contributed by atoms with Crippen molar-refractivity contribution in [3.05, 3.63) is 132 Å². The number of anilines is 2. The van der Waals surface area contributed by atoms with Crippen LogP contribution < -0.4 is 10.2 Å². The number of imide groups is 1. The summed E-state index contributed by atoms with van der Waals surface area (Å²) < 4.78 is 0. The van der Waals surface area contributed by atoms with Crippen LogP contribution >= 0.6 is 0 Å². The van der Waals surface area contributed by atoms with E-state index < -0.39 is 5.91 Å². The first-order valence-electron chi connectivity index (χ1n) is 12.9. The van der Waals surface area contributed by atoms with Gasteiger partial charge in [-0.1, -0.05) is 96.6 Å². The van der Waals surface area contributed by atoms with Crippen LogP contribution in [0.1, 0.15) is 27.0 Å². The van der Waals surface area contributed by atoms with Crippen molar-refractivity contribution < 1.29 is 9.59 Å². The van der Waals surface area contributed by atoms with E-state index in [0.717, 1.165) is 22.3 Å². The van der Waals surface area contributed by atoms with Crippen LogP contribution in [0, 0.1) is 13.8 Å². The summed E-state index contributed by atoms with van der Waals surface area (Å²) in [6.45, 7) is 3.87. The average molecular weight is 524 g/mol. The van der Waals surface area contributed by atoms with Crippen LogP contribution in [-0.4, -0.2) is 27.0 Å². The molecule has 7 nitrogen and oxygen atoms in total. The van der Waals surface area contributed by atoms with Crippen LogP contribution in [-0.2, 0) is 4.79 Å². The molecule has 2 heterocycles. The van der Waals surface area contributed by atoms with Gasteiger partial charge in [0.25, 0.3) is 11.8 Å². The van der Waals surface area contributed by atoms with Gasteiger partial charge in [0.05, 0.1) is 11.3 Å². The van der Waals surface area contributed by atoms with Crippen LogP contribution in [0.3, 0.4) is 0 Å².